The summed E-state index contributed by atoms with van der Waals surface area (Å²) < 4.78 is 7.74. The van der Waals surface area contributed by atoms with Crippen LogP contribution in [0.3, 0.4) is 0 Å². The van der Waals surface area contributed by atoms with Crippen LogP contribution in [0.2, 0.25) is 0 Å². The van der Waals surface area contributed by atoms with Crippen LogP contribution in [0.25, 0.3) is 0 Å². The molecule has 0 aromatic heterocycles. The van der Waals surface area contributed by atoms with Crippen molar-refractivity contribution in [2.45, 2.75) is 26.2 Å². The molecule has 0 aromatic carbocycles. The van der Waals surface area contributed by atoms with Crippen molar-refractivity contribution < 1.29 is 4.74 Å². The van der Waals surface area contributed by atoms with Crippen LogP contribution in [-0.2, 0) is 4.74 Å². The van der Waals surface area contributed by atoms with Crippen LogP contribution in [0.15, 0.2) is 20.8 Å². The summed E-state index contributed by atoms with van der Waals surface area (Å²) in [5.41, 5.74) is 1.69. The van der Waals surface area contributed by atoms with Crippen LogP contribution in [0.5, 0.6) is 0 Å². The number of nitriles is 1. The SMILES string of the molecule is CCOC=C1[Se]C2=C(C(=N)CCC2)C1C#N. The van der Waals surface area contributed by atoms with Crippen LogP contribution in [-0.4, -0.2) is 27.3 Å². The first-order chi connectivity index (χ1) is 7.77. The quantitative estimate of drug-likeness (QED) is 0.623. The van der Waals surface area contributed by atoms with Crippen molar-refractivity contribution in [1.29, 1.82) is 10.7 Å². The zero-order valence-electron chi connectivity index (χ0n) is 9.25. The molecule has 2 rings (SSSR count). The van der Waals surface area contributed by atoms with Crippen molar-refractivity contribution >= 4 is 20.7 Å². The standard InChI is InChI=1S/C12H14N2OSe/c1-2-15-7-11-8(6-13)12-9(14)4-3-5-10(12)16-11/h7-8,14H,2-5H2,1H3. The van der Waals surface area contributed by atoms with Gasteiger partial charge in [-0.2, -0.15) is 0 Å². The Morgan fingerprint density at radius 1 is 1.62 bits per heavy atom. The molecule has 1 aliphatic heterocycles. The number of nitrogens with one attached hydrogen (secondary N) is 1. The predicted molar refractivity (Wildman–Crippen MR) is 63.2 cm³/mol. The first kappa shape index (κ1) is 11.4. The summed E-state index contributed by atoms with van der Waals surface area (Å²) in [6.07, 6.45) is 4.72. The van der Waals surface area contributed by atoms with Gasteiger partial charge in [-0.3, -0.25) is 0 Å². The third-order valence-electron chi connectivity index (χ3n) is 2.77. The minimum atomic E-state index is -0.200. The maximum atomic E-state index is 9.23. The predicted octanol–water partition coefficient (Wildman–Crippen LogP) is 2.18. The summed E-state index contributed by atoms with van der Waals surface area (Å²) in [5, 5.41) is 17.2. The molecule has 0 fully saturated rings. The summed E-state index contributed by atoms with van der Waals surface area (Å²) in [5.74, 6) is -0.200. The Morgan fingerprint density at radius 2 is 2.44 bits per heavy atom. The van der Waals surface area contributed by atoms with Gasteiger partial charge in [0.1, 0.15) is 0 Å². The molecule has 1 aliphatic carbocycles. The zero-order valence-corrected chi connectivity index (χ0v) is 11.0. The molecule has 1 atom stereocenters. The average molecular weight is 281 g/mol. The molecule has 0 radical (unpaired) electrons. The van der Waals surface area contributed by atoms with Crippen LogP contribution < -0.4 is 0 Å². The van der Waals surface area contributed by atoms with E-state index in [1.165, 1.54) is 4.47 Å². The number of ether oxygens (including phenoxy) is 1. The minimum absolute atomic E-state index is 0.200. The fraction of sp³-hybridized carbons (Fsp3) is 0.500. The number of allylic oxidation sites excluding steroid dienone is 3. The third kappa shape index (κ3) is 1.93. The molecule has 0 saturated carbocycles. The number of hydrogen-bond donors (Lipinski definition) is 1. The molecule has 0 spiro atoms. The molecule has 16 heavy (non-hydrogen) atoms. The second kappa shape index (κ2) is 4.86. The molecule has 2 aliphatic rings. The van der Waals surface area contributed by atoms with Gasteiger partial charge in [-0.25, -0.2) is 0 Å². The number of nitrogens with zero attached hydrogens (tertiary/aromatic N) is 1. The summed E-state index contributed by atoms with van der Waals surface area (Å²) in [4.78, 5) is 0. The van der Waals surface area contributed by atoms with Crippen molar-refractivity contribution in [2.75, 3.05) is 6.61 Å². The van der Waals surface area contributed by atoms with Crippen LogP contribution in [0.1, 0.15) is 26.2 Å². The van der Waals surface area contributed by atoms with Gasteiger partial charge in [-0.1, -0.05) is 0 Å². The van der Waals surface area contributed by atoms with E-state index in [0.29, 0.717) is 12.3 Å². The second-order valence-electron chi connectivity index (χ2n) is 3.81. The van der Waals surface area contributed by atoms with E-state index in [9.17, 15) is 5.26 Å². The number of hydrogen-bond acceptors (Lipinski definition) is 3. The van der Waals surface area contributed by atoms with E-state index in [4.69, 9.17) is 10.1 Å². The number of rotatable bonds is 2. The maximum absolute atomic E-state index is 9.23. The summed E-state index contributed by atoms with van der Waals surface area (Å²) in [7, 11) is 0. The van der Waals surface area contributed by atoms with E-state index in [1.807, 2.05) is 6.92 Å². The van der Waals surface area contributed by atoms with Crippen molar-refractivity contribution in [3.63, 3.8) is 0 Å². The monoisotopic (exact) mass is 282 g/mol. The van der Waals surface area contributed by atoms with Crippen molar-refractivity contribution in [3.8, 4) is 6.07 Å². The van der Waals surface area contributed by atoms with E-state index >= 15 is 0 Å². The molecule has 0 bridgehead atoms. The van der Waals surface area contributed by atoms with Gasteiger partial charge in [0.25, 0.3) is 0 Å². The molecule has 0 saturated heterocycles. The van der Waals surface area contributed by atoms with Crippen LogP contribution >= 0.6 is 0 Å². The van der Waals surface area contributed by atoms with E-state index in [-0.39, 0.29) is 20.9 Å². The average Bonchev–Trinajstić information content (AvgIpc) is 2.65. The summed E-state index contributed by atoms with van der Waals surface area (Å²) in [6, 6.07) is 2.32. The fourth-order valence-electron chi connectivity index (χ4n) is 2.03. The van der Waals surface area contributed by atoms with Gasteiger partial charge in [0, 0.05) is 0 Å². The van der Waals surface area contributed by atoms with Crippen molar-refractivity contribution in [2.24, 2.45) is 5.92 Å². The van der Waals surface area contributed by atoms with Gasteiger partial charge < -0.3 is 0 Å². The Hall–Kier alpha value is -1.04. The summed E-state index contributed by atoms with van der Waals surface area (Å²) >= 11 is 0.234. The third-order valence-corrected chi connectivity index (χ3v) is 5.36. The first-order valence-electron chi connectivity index (χ1n) is 5.48. The van der Waals surface area contributed by atoms with Crippen LogP contribution in [0.4, 0.5) is 0 Å². The van der Waals surface area contributed by atoms with E-state index in [2.05, 4.69) is 6.07 Å². The normalized spacial score (nSPS) is 26.9. The molecule has 0 amide bonds. The molecular weight excluding hydrogens is 267 g/mol. The van der Waals surface area contributed by atoms with Crippen LogP contribution in [0, 0.1) is 22.7 Å². The molecule has 4 heteroatoms. The van der Waals surface area contributed by atoms with Crippen molar-refractivity contribution in [1.82, 2.24) is 0 Å². The Balaban J connectivity index is 2.28. The van der Waals surface area contributed by atoms with Gasteiger partial charge in [-0.15, -0.1) is 0 Å². The summed E-state index contributed by atoms with van der Waals surface area (Å²) in [6.45, 7) is 2.58. The molecule has 84 valence electrons. The topological polar surface area (TPSA) is 56.9 Å². The Labute approximate surface area is 102 Å². The molecule has 0 aromatic rings. The Kier molecular flexibility index (Phi) is 3.48. The van der Waals surface area contributed by atoms with E-state index < -0.39 is 0 Å². The van der Waals surface area contributed by atoms with Gasteiger partial charge in [0.05, 0.1) is 0 Å². The zero-order chi connectivity index (χ0) is 11.5. The molecule has 1 unspecified atom stereocenters. The molecule has 1 heterocycles. The van der Waals surface area contributed by atoms with E-state index in [1.54, 1.807) is 6.26 Å². The van der Waals surface area contributed by atoms with E-state index in [0.717, 1.165) is 29.3 Å². The van der Waals surface area contributed by atoms with Crippen molar-refractivity contribution in [3.05, 3.63) is 20.8 Å². The first-order valence-corrected chi connectivity index (χ1v) is 7.19. The van der Waals surface area contributed by atoms with Gasteiger partial charge >= 0.3 is 102 Å². The molecule has 3 nitrogen and oxygen atoms in total. The molecular formula is C12H14N2OSe. The second-order valence-corrected chi connectivity index (χ2v) is 6.26. The molecule has 1 N–H and O–H groups in total. The van der Waals surface area contributed by atoms with Gasteiger partial charge in [-0.05, 0) is 0 Å². The van der Waals surface area contributed by atoms with Gasteiger partial charge in [0.2, 0.25) is 0 Å². The van der Waals surface area contributed by atoms with Gasteiger partial charge in [0.15, 0.2) is 0 Å². The fourth-order valence-corrected chi connectivity index (χ4v) is 4.73. The Morgan fingerprint density at radius 3 is 3.12 bits per heavy atom. The Bertz CT molecular complexity index is 417.